The van der Waals surface area contributed by atoms with Crippen LogP contribution in [0, 0.1) is 12.8 Å². The van der Waals surface area contributed by atoms with E-state index in [0.717, 1.165) is 25.2 Å². The minimum Gasteiger partial charge on any atom is -0.331 e. The number of pyridine rings is 1. The van der Waals surface area contributed by atoms with Gasteiger partial charge in [-0.05, 0) is 38.3 Å². The third-order valence-electron chi connectivity index (χ3n) is 4.17. The molecule has 3 atom stereocenters. The van der Waals surface area contributed by atoms with E-state index in [1.54, 1.807) is 6.20 Å². The summed E-state index contributed by atoms with van der Waals surface area (Å²) in [5.41, 5.74) is 1.65. The van der Waals surface area contributed by atoms with Crippen LogP contribution in [-0.4, -0.2) is 41.0 Å². The highest BCUT2D eigenvalue weighted by molar-refractivity contribution is 5.94. The fraction of sp³-hybridized carbons (Fsp3) is 0.571. The van der Waals surface area contributed by atoms with E-state index in [0.29, 0.717) is 23.6 Å². The number of hydrogen-bond acceptors (Lipinski definition) is 3. The Labute approximate surface area is 107 Å². The SMILES string of the molecule is Cc1ccc(C(=O)N2C(C)CC3CNCC32)cn1. The smallest absolute Gasteiger partial charge is 0.255 e. The van der Waals surface area contributed by atoms with Crippen LogP contribution in [0.4, 0.5) is 0 Å². The maximum atomic E-state index is 12.6. The number of nitrogens with one attached hydrogen (secondary N) is 1. The molecule has 4 heteroatoms. The second kappa shape index (κ2) is 4.35. The number of carbonyl (C=O) groups is 1. The second-order valence-electron chi connectivity index (χ2n) is 5.47. The Morgan fingerprint density at radius 1 is 1.44 bits per heavy atom. The molecule has 0 aromatic carbocycles. The van der Waals surface area contributed by atoms with E-state index in [1.807, 2.05) is 19.1 Å². The molecule has 0 radical (unpaired) electrons. The topological polar surface area (TPSA) is 45.2 Å². The summed E-state index contributed by atoms with van der Waals surface area (Å²) in [7, 11) is 0. The standard InChI is InChI=1S/C14H19N3O/c1-9-3-4-11(7-16-9)14(18)17-10(2)5-12-6-15-8-13(12)17/h3-4,7,10,12-13,15H,5-6,8H2,1-2H3. The van der Waals surface area contributed by atoms with E-state index in [-0.39, 0.29) is 5.91 Å². The largest absolute Gasteiger partial charge is 0.331 e. The fourth-order valence-corrected chi connectivity index (χ4v) is 3.26. The molecule has 18 heavy (non-hydrogen) atoms. The van der Waals surface area contributed by atoms with E-state index in [4.69, 9.17) is 0 Å². The van der Waals surface area contributed by atoms with Crippen LogP contribution in [0.25, 0.3) is 0 Å². The molecule has 1 amide bonds. The average Bonchev–Trinajstić information content (AvgIpc) is 2.89. The van der Waals surface area contributed by atoms with Gasteiger partial charge in [-0.15, -0.1) is 0 Å². The summed E-state index contributed by atoms with van der Waals surface area (Å²) in [6.07, 6.45) is 2.81. The van der Waals surface area contributed by atoms with Crippen LogP contribution >= 0.6 is 0 Å². The van der Waals surface area contributed by atoms with Crippen molar-refractivity contribution >= 4 is 5.91 Å². The average molecular weight is 245 g/mol. The van der Waals surface area contributed by atoms with E-state index in [1.165, 1.54) is 0 Å². The number of likely N-dealkylation sites (tertiary alicyclic amines) is 1. The number of aryl methyl sites for hydroxylation is 1. The van der Waals surface area contributed by atoms with Gasteiger partial charge in [-0.2, -0.15) is 0 Å². The zero-order valence-corrected chi connectivity index (χ0v) is 10.9. The van der Waals surface area contributed by atoms with Crippen LogP contribution in [0.1, 0.15) is 29.4 Å². The normalized spacial score (nSPS) is 30.6. The molecule has 4 nitrogen and oxygen atoms in total. The first-order valence-corrected chi connectivity index (χ1v) is 6.63. The zero-order chi connectivity index (χ0) is 12.7. The molecule has 2 saturated heterocycles. The lowest BCUT2D eigenvalue weighted by Gasteiger charge is -2.27. The third kappa shape index (κ3) is 1.81. The Bertz CT molecular complexity index is 457. The Kier molecular flexibility index (Phi) is 2.82. The molecule has 2 aliphatic rings. The van der Waals surface area contributed by atoms with Gasteiger partial charge < -0.3 is 10.2 Å². The summed E-state index contributed by atoms with van der Waals surface area (Å²) >= 11 is 0. The van der Waals surface area contributed by atoms with Crippen molar-refractivity contribution < 1.29 is 4.79 Å². The molecule has 3 heterocycles. The van der Waals surface area contributed by atoms with Gasteiger partial charge in [-0.1, -0.05) is 0 Å². The minimum atomic E-state index is 0.131. The van der Waals surface area contributed by atoms with Crippen molar-refractivity contribution in [2.45, 2.75) is 32.4 Å². The van der Waals surface area contributed by atoms with E-state index in [2.05, 4.69) is 22.1 Å². The van der Waals surface area contributed by atoms with Crippen molar-refractivity contribution in [3.8, 4) is 0 Å². The number of aromatic nitrogens is 1. The maximum Gasteiger partial charge on any atom is 0.255 e. The van der Waals surface area contributed by atoms with Crippen molar-refractivity contribution in [2.75, 3.05) is 13.1 Å². The number of nitrogens with zero attached hydrogens (tertiary/aromatic N) is 2. The summed E-state index contributed by atoms with van der Waals surface area (Å²) in [4.78, 5) is 18.8. The molecule has 1 aromatic heterocycles. The third-order valence-corrected chi connectivity index (χ3v) is 4.17. The molecular weight excluding hydrogens is 226 g/mol. The molecule has 2 fully saturated rings. The quantitative estimate of drug-likeness (QED) is 0.809. The zero-order valence-electron chi connectivity index (χ0n) is 10.9. The van der Waals surface area contributed by atoms with Gasteiger partial charge in [0, 0.05) is 37.1 Å². The summed E-state index contributed by atoms with van der Waals surface area (Å²) in [6.45, 7) is 6.06. The van der Waals surface area contributed by atoms with Crippen LogP contribution < -0.4 is 5.32 Å². The van der Waals surface area contributed by atoms with Crippen LogP contribution in [-0.2, 0) is 0 Å². The Hall–Kier alpha value is -1.42. The lowest BCUT2D eigenvalue weighted by molar-refractivity contribution is 0.0681. The Morgan fingerprint density at radius 2 is 2.28 bits per heavy atom. The van der Waals surface area contributed by atoms with Gasteiger partial charge in [-0.25, -0.2) is 0 Å². The van der Waals surface area contributed by atoms with E-state index in [9.17, 15) is 4.79 Å². The summed E-state index contributed by atoms with van der Waals surface area (Å²) < 4.78 is 0. The van der Waals surface area contributed by atoms with Crippen LogP contribution in [0.15, 0.2) is 18.3 Å². The fourth-order valence-electron chi connectivity index (χ4n) is 3.26. The summed E-state index contributed by atoms with van der Waals surface area (Å²) in [5.74, 6) is 0.758. The highest BCUT2D eigenvalue weighted by Gasteiger charge is 2.44. The molecule has 1 aromatic rings. The Balaban J connectivity index is 1.85. The first-order chi connectivity index (χ1) is 8.66. The molecule has 1 N–H and O–H groups in total. The highest BCUT2D eigenvalue weighted by atomic mass is 16.2. The van der Waals surface area contributed by atoms with Gasteiger partial charge >= 0.3 is 0 Å². The van der Waals surface area contributed by atoms with Crippen LogP contribution in [0.5, 0.6) is 0 Å². The van der Waals surface area contributed by atoms with Crippen molar-refractivity contribution in [3.63, 3.8) is 0 Å². The first-order valence-electron chi connectivity index (χ1n) is 6.63. The molecular formula is C14H19N3O. The van der Waals surface area contributed by atoms with Crippen LogP contribution in [0.2, 0.25) is 0 Å². The molecule has 3 unspecified atom stereocenters. The van der Waals surface area contributed by atoms with Gasteiger partial charge in [0.2, 0.25) is 0 Å². The van der Waals surface area contributed by atoms with Crippen molar-refractivity contribution in [3.05, 3.63) is 29.6 Å². The molecule has 0 aliphatic carbocycles. The minimum absolute atomic E-state index is 0.131. The van der Waals surface area contributed by atoms with Gasteiger partial charge in [0.1, 0.15) is 0 Å². The predicted molar refractivity (Wildman–Crippen MR) is 69.4 cm³/mol. The van der Waals surface area contributed by atoms with Gasteiger partial charge in [0.05, 0.1) is 5.56 Å². The first kappa shape index (κ1) is 11.7. The molecule has 2 aliphatic heterocycles. The van der Waals surface area contributed by atoms with Crippen molar-refractivity contribution in [1.29, 1.82) is 0 Å². The monoisotopic (exact) mass is 245 g/mol. The lowest BCUT2D eigenvalue weighted by atomic mass is 10.0. The van der Waals surface area contributed by atoms with Crippen LogP contribution in [0.3, 0.4) is 0 Å². The summed E-state index contributed by atoms with van der Waals surface area (Å²) in [5, 5.41) is 3.38. The number of hydrogen-bond donors (Lipinski definition) is 1. The maximum absolute atomic E-state index is 12.6. The molecule has 96 valence electrons. The lowest BCUT2D eigenvalue weighted by Crippen LogP contribution is -2.42. The second-order valence-corrected chi connectivity index (χ2v) is 5.47. The highest BCUT2D eigenvalue weighted by Crippen LogP contribution is 2.33. The van der Waals surface area contributed by atoms with Gasteiger partial charge in [-0.3, -0.25) is 9.78 Å². The molecule has 0 saturated carbocycles. The van der Waals surface area contributed by atoms with Crippen molar-refractivity contribution in [1.82, 2.24) is 15.2 Å². The van der Waals surface area contributed by atoms with E-state index < -0.39 is 0 Å². The van der Waals surface area contributed by atoms with Gasteiger partial charge in [0.15, 0.2) is 0 Å². The van der Waals surface area contributed by atoms with Gasteiger partial charge in [0.25, 0.3) is 5.91 Å². The number of carbonyl (C=O) groups excluding carboxylic acids is 1. The number of amides is 1. The number of rotatable bonds is 1. The molecule has 0 spiro atoms. The molecule has 3 rings (SSSR count). The summed E-state index contributed by atoms with van der Waals surface area (Å²) in [6, 6.07) is 4.50. The molecule has 0 bridgehead atoms. The van der Waals surface area contributed by atoms with E-state index >= 15 is 0 Å². The number of fused-ring (bicyclic) bond motifs is 1. The Morgan fingerprint density at radius 3 is 3.00 bits per heavy atom. The predicted octanol–water partition coefficient (Wildman–Crippen LogP) is 1.21. The van der Waals surface area contributed by atoms with Crippen molar-refractivity contribution in [2.24, 2.45) is 5.92 Å².